The average molecular weight is 344 g/mol. The van der Waals surface area contributed by atoms with Crippen molar-refractivity contribution in [1.82, 2.24) is 9.97 Å². The van der Waals surface area contributed by atoms with Crippen LogP contribution in [0.25, 0.3) is 11.0 Å². The summed E-state index contributed by atoms with van der Waals surface area (Å²) in [6, 6.07) is 1.88. The molecule has 0 aromatic carbocycles. The second-order valence-corrected chi connectivity index (χ2v) is 6.43. The van der Waals surface area contributed by atoms with Gasteiger partial charge in [-0.3, -0.25) is 14.4 Å². The maximum Gasteiger partial charge on any atom is 0.303 e. The Hall–Kier alpha value is -2.54. The minimum Gasteiger partial charge on any atom is -0.481 e. The molecule has 25 heavy (non-hydrogen) atoms. The fourth-order valence-corrected chi connectivity index (χ4v) is 3.54. The number of carboxylic acids is 1. The number of aliphatic hydroxyl groups excluding tert-OH is 1. The number of Topliss-reactive ketones (excluding diaryl/α,β-unsaturated/α-hetero) is 1. The number of hydrogen-bond acceptors (Lipinski definition) is 5. The number of aromatic nitrogens is 2. The molecule has 0 amide bonds. The third-order valence-electron chi connectivity index (χ3n) is 4.82. The highest BCUT2D eigenvalue weighted by Gasteiger charge is 2.22. The van der Waals surface area contributed by atoms with Crippen molar-refractivity contribution in [1.29, 1.82) is 0 Å². The van der Waals surface area contributed by atoms with Crippen molar-refractivity contribution in [3.05, 3.63) is 39.3 Å². The molecule has 3 N–H and O–H groups in total. The summed E-state index contributed by atoms with van der Waals surface area (Å²) < 4.78 is 0. The minimum atomic E-state index is -1.11. The van der Waals surface area contributed by atoms with Crippen LogP contribution in [0.5, 0.6) is 0 Å². The van der Waals surface area contributed by atoms with Crippen LogP contribution in [0.15, 0.2) is 17.1 Å². The summed E-state index contributed by atoms with van der Waals surface area (Å²) in [7, 11) is 0. The molecule has 132 valence electrons. The van der Waals surface area contributed by atoms with Gasteiger partial charge in [-0.15, -0.1) is 0 Å². The van der Waals surface area contributed by atoms with E-state index in [1.165, 1.54) is 12.8 Å². The van der Waals surface area contributed by atoms with Gasteiger partial charge in [0.05, 0.1) is 18.6 Å². The van der Waals surface area contributed by atoms with Crippen LogP contribution in [-0.4, -0.2) is 31.9 Å². The highest BCUT2D eigenvalue weighted by Crippen LogP contribution is 2.35. The molecular formula is C18H20N2O5. The number of ketones is 1. The molecule has 1 aliphatic carbocycles. The predicted octanol–water partition coefficient (Wildman–Crippen LogP) is 2.12. The fourth-order valence-electron chi connectivity index (χ4n) is 3.54. The topological polar surface area (TPSA) is 120 Å². The van der Waals surface area contributed by atoms with Gasteiger partial charge in [0.2, 0.25) is 0 Å². The number of H-pyrrole nitrogens is 1. The first-order valence-corrected chi connectivity index (χ1v) is 8.42. The normalized spacial score (nSPS) is 14.9. The second kappa shape index (κ2) is 7.14. The summed E-state index contributed by atoms with van der Waals surface area (Å²) in [6.45, 7) is -0.482. The van der Waals surface area contributed by atoms with Crippen LogP contribution in [0.4, 0.5) is 0 Å². The molecular weight excluding hydrogens is 324 g/mol. The fraction of sp³-hybridized carbons (Fsp3) is 0.444. The van der Waals surface area contributed by atoms with Gasteiger partial charge >= 0.3 is 5.97 Å². The Kier molecular flexibility index (Phi) is 4.94. The van der Waals surface area contributed by atoms with Crippen LogP contribution in [0.2, 0.25) is 0 Å². The monoisotopic (exact) mass is 344 g/mol. The summed E-state index contributed by atoms with van der Waals surface area (Å²) in [4.78, 5) is 42.1. The molecule has 7 nitrogen and oxygen atoms in total. The number of fused-ring (bicyclic) bond motifs is 1. The van der Waals surface area contributed by atoms with Gasteiger partial charge in [-0.05, 0) is 30.4 Å². The molecule has 7 heteroatoms. The zero-order chi connectivity index (χ0) is 18.0. The van der Waals surface area contributed by atoms with E-state index in [1.54, 1.807) is 6.20 Å². The van der Waals surface area contributed by atoms with E-state index < -0.39 is 23.9 Å². The summed E-state index contributed by atoms with van der Waals surface area (Å²) in [6.07, 6.45) is 5.58. The van der Waals surface area contributed by atoms with E-state index in [-0.39, 0.29) is 24.0 Å². The highest BCUT2D eigenvalue weighted by molar-refractivity contribution is 6.01. The smallest absolute Gasteiger partial charge is 0.303 e. The van der Waals surface area contributed by atoms with Crippen LogP contribution in [0.1, 0.15) is 65.9 Å². The van der Waals surface area contributed by atoms with Crippen molar-refractivity contribution in [2.24, 2.45) is 0 Å². The quantitative estimate of drug-likeness (QED) is 0.690. The lowest BCUT2D eigenvalue weighted by atomic mass is 9.95. The lowest BCUT2D eigenvalue weighted by molar-refractivity contribution is -0.136. The second-order valence-electron chi connectivity index (χ2n) is 6.43. The average Bonchev–Trinajstić information content (AvgIpc) is 3.12. The standard InChI is InChI=1S/C18H20N2O5/c21-9-13-12-7-11(10-3-1-2-4-10)8-19-17(12)20-18(25)16(13)14(22)5-6-15(23)24/h7-8,10,21H,1-6,9H2,(H,23,24)(H,19,20,25). The number of carbonyl (C=O) groups is 2. The number of aliphatic carboxylic acids is 1. The summed E-state index contributed by atoms with van der Waals surface area (Å²) in [5, 5.41) is 19.1. The Morgan fingerprint density at radius 3 is 2.60 bits per heavy atom. The molecule has 0 unspecified atom stereocenters. The number of nitrogens with zero attached hydrogens (tertiary/aromatic N) is 1. The zero-order valence-corrected chi connectivity index (χ0v) is 13.7. The molecule has 1 fully saturated rings. The van der Waals surface area contributed by atoms with E-state index in [0.717, 1.165) is 18.4 Å². The van der Waals surface area contributed by atoms with Gasteiger partial charge in [0.15, 0.2) is 5.78 Å². The van der Waals surface area contributed by atoms with Crippen LogP contribution in [0.3, 0.4) is 0 Å². The summed E-state index contributed by atoms with van der Waals surface area (Å²) >= 11 is 0. The van der Waals surface area contributed by atoms with Crippen LogP contribution in [-0.2, 0) is 11.4 Å². The van der Waals surface area contributed by atoms with Crippen LogP contribution in [0, 0.1) is 0 Å². The van der Waals surface area contributed by atoms with Crippen molar-refractivity contribution in [3.8, 4) is 0 Å². The predicted molar refractivity (Wildman–Crippen MR) is 90.7 cm³/mol. The SMILES string of the molecule is O=C(O)CCC(=O)c1c(CO)c2cc(C3CCCC3)cnc2[nH]c1=O. The van der Waals surface area contributed by atoms with E-state index in [1.807, 2.05) is 6.07 Å². The van der Waals surface area contributed by atoms with Gasteiger partial charge in [-0.1, -0.05) is 12.8 Å². The molecule has 2 aromatic heterocycles. The molecule has 0 bridgehead atoms. The number of aromatic amines is 1. The minimum absolute atomic E-state index is 0.165. The maximum absolute atomic E-state index is 12.3. The van der Waals surface area contributed by atoms with E-state index in [0.29, 0.717) is 17.0 Å². The van der Waals surface area contributed by atoms with Crippen molar-refractivity contribution in [3.63, 3.8) is 0 Å². The first-order chi connectivity index (χ1) is 12.0. The Balaban J connectivity index is 2.09. The van der Waals surface area contributed by atoms with E-state index in [9.17, 15) is 19.5 Å². The number of hydrogen-bond donors (Lipinski definition) is 3. The molecule has 2 heterocycles. The molecule has 0 spiro atoms. The van der Waals surface area contributed by atoms with E-state index in [4.69, 9.17) is 5.11 Å². The lowest BCUT2D eigenvalue weighted by Crippen LogP contribution is -2.22. The van der Waals surface area contributed by atoms with Gasteiger partial charge in [0, 0.05) is 23.6 Å². The Bertz CT molecular complexity index is 881. The Morgan fingerprint density at radius 2 is 1.96 bits per heavy atom. The first-order valence-electron chi connectivity index (χ1n) is 8.42. The summed E-state index contributed by atoms with van der Waals surface area (Å²) in [5.74, 6) is -1.29. The van der Waals surface area contributed by atoms with Crippen LogP contribution < -0.4 is 5.56 Å². The first kappa shape index (κ1) is 17.3. The Morgan fingerprint density at radius 1 is 1.24 bits per heavy atom. The van der Waals surface area contributed by atoms with Gasteiger partial charge < -0.3 is 15.2 Å². The van der Waals surface area contributed by atoms with Crippen LogP contribution >= 0.6 is 0 Å². The number of carboxylic acid groups (broad SMARTS) is 1. The molecule has 0 aliphatic heterocycles. The molecule has 1 saturated carbocycles. The summed E-state index contributed by atoms with van der Waals surface area (Å²) in [5.41, 5.74) is 0.775. The largest absolute Gasteiger partial charge is 0.481 e. The van der Waals surface area contributed by atoms with E-state index in [2.05, 4.69) is 9.97 Å². The number of aliphatic hydroxyl groups is 1. The van der Waals surface area contributed by atoms with Crippen molar-refractivity contribution in [2.75, 3.05) is 0 Å². The molecule has 1 aliphatic rings. The zero-order valence-electron chi connectivity index (χ0n) is 13.7. The van der Waals surface area contributed by atoms with Crippen molar-refractivity contribution < 1.29 is 19.8 Å². The van der Waals surface area contributed by atoms with Gasteiger partial charge in [0.1, 0.15) is 5.65 Å². The molecule has 0 radical (unpaired) electrons. The number of pyridine rings is 2. The van der Waals surface area contributed by atoms with E-state index >= 15 is 0 Å². The molecule has 2 aromatic rings. The van der Waals surface area contributed by atoms with Gasteiger partial charge in [-0.2, -0.15) is 0 Å². The lowest BCUT2D eigenvalue weighted by Gasteiger charge is -2.13. The third-order valence-corrected chi connectivity index (χ3v) is 4.82. The molecule has 0 atom stereocenters. The molecule has 0 saturated heterocycles. The molecule has 3 rings (SSSR count). The van der Waals surface area contributed by atoms with Crippen molar-refractivity contribution >= 4 is 22.8 Å². The Labute approximate surface area is 143 Å². The number of carbonyl (C=O) groups excluding carboxylic acids is 1. The van der Waals surface area contributed by atoms with Gasteiger partial charge in [0.25, 0.3) is 5.56 Å². The third kappa shape index (κ3) is 3.46. The van der Waals surface area contributed by atoms with Crippen molar-refractivity contribution in [2.45, 2.75) is 51.0 Å². The number of rotatable bonds is 6. The highest BCUT2D eigenvalue weighted by atomic mass is 16.4. The number of nitrogens with one attached hydrogen (secondary N) is 1. The maximum atomic E-state index is 12.3. The van der Waals surface area contributed by atoms with Gasteiger partial charge in [-0.25, -0.2) is 4.98 Å².